The fourth-order valence-electron chi connectivity index (χ4n) is 1.55. The van der Waals surface area contributed by atoms with Gasteiger partial charge in [0.25, 0.3) is 0 Å². The second-order valence-electron chi connectivity index (χ2n) is 3.62. The molecule has 0 fully saturated rings. The molecule has 5 heteroatoms. The Morgan fingerprint density at radius 1 is 0.944 bits per heavy atom. The maximum absolute atomic E-state index is 4.32. The molecule has 0 bridgehead atoms. The highest BCUT2D eigenvalue weighted by Gasteiger charge is 2.06. The Balaban J connectivity index is 1.83. The summed E-state index contributed by atoms with van der Waals surface area (Å²) in [6.45, 7) is 0. The van der Waals surface area contributed by atoms with E-state index in [9.17, 15) is 0 Å². The number of hydrazone groups is 1. The van der Waals surface area contributed by atoms with Gasteiger partial charge < -0.3 is 0 Å². The first-order chi connectivity index (χ1) is 8.92. The predicted octanol–water partition coefficient (Wildman–Crippen LogP) is 3.02. The van der Waals surface area contributed by atoms with E-state index in [2.05, 4.69) is 20.5 Å². The van der Waals surface area contributed by atoms with Gasteiger partial charge in [0.15, 0.2) is 5.16 Å². The van der Waals surface area contributed by atoms with Crippen molar-refractivity contribution < 1.29 is 0 Å². The summed E-state index contributed by atoms with van der Waals surface area (Å²) in [6, 6.07) is 9.82. The molecule has 0 unspecified atom stereocenters. The molecule has 2 aromatic rings. The first-order valence-corrected chi connectivity index (χ1v) is 6.29. The number of para-hydroxylation sites is 1. The fourth-order valence-corrected chi connectivity index (χ4v) is 2.19. The Morgan fingerprint density at radius 3 is 2.67 bits per heavy atom. The van der Waals surface area contributed by atoms with Gasteiger partial charge >= 0.3 is 0 Å². The lowest BCUT2D eigenvalue weighted by molar-refractivity contribution is 0.972. The minimum atomic E-state index is 0.689. The van der Waals surface area contributed by atoms with Gasteiger partial charge in [-0.25, -0.2) is 9.97 Å². The molecule has 1 aliphatic heterocycles. The minimum absolute atomic E-state index is 0.689. The lowest BCUT2D eigenvalue weighted by atomic mass is 10.2. The van der Waals surface area contributed by atoms with E-state index in [1.165, 1.54) is 11.8 Å². The number of hydrogen-bond donors (Lipinski definition) is 1. The van der Waals surface area contributed by atoms with E-state index in [1.54, 1.807) is 18.5 Å². The minimum Gasteiger partial charge on any atom is -0.277 e. The van der Waals surface area contributed by atoms with Gasteiger partial charge in [-0.2, -0.15) is 5.10 Å². The smallest absolute Gasteiger partial charge is 0.193 e. The number of anilines is 1. The first kappa shape index (κ1) is 11.0. The summed E-state index contributed by atoms with van der Waals surface area (Å²) in [7, 11) is 0. The third-order valence-corrected chi connectivity index (χ3v) is 3.22. The molecule has 0 spiro atoms. The molecule has 1 aliphatic rings. The third kappa shape index (κ3) is 2.41. The Kier molecular flexibility index (Phi) is 3.06. The summed E-state index contributed by atoms with van der Waals surface area (Å²) < 4.78 is 0. The molecule has 0 saturated carbocycles. The lowest BCUT2D eigenvalue weighted by Crippen LogP contribution is -1.95. The second kappa shape index (κ2) is 5.01. The van der Waals surface area contributed by atoms with E-state index in [0.29, 0.717) is 5.16 Å². The molecule has 18 heavy (non-hydrogen) atoms. The zero-order valence-corrected chi connectivity index (χ0v) is 10.3. The van der Waals surface area contributed by atoms with E-state index >= 15 is 0 Å². The van der Waals surface area contributed by atoms with Gasteiger partial charge in [0, 0.05) is 12.4 Å². The number of aromatic nitrogens is 2. The van der Waals surface area contributed by atoms with Crippen molar-refractivity contribution in [2.24, 2.45) is 5.10 Å². The quantitative estimate of drug-likeness (QED) is 0.795. The van der Waals surface area contributed by atoms with Crippen LogP contribution in [0.4, 0.5) is 5.69 Å². The van der Waals surface area contributed by atoms with Crippen molar-refractivity contribution in [3.05, 3.63) is 54.4 Å². The molecule has 0 radical (unpaired) electrons. The molecule has 0 atom stereocenters. The highest BCUT2D eigenvalue weighted by molar-refractivity contribution is 8.14. The average molecular weight is 254 g/mol. The average Bonchev–Trinajstić information content (AvgIpc) is 2.63. The highest BCUT2D eigenvalue weighted by Crippen LogP contribution is 2.23. The van der Waals surface area contributed by atoms with E-state index in [4.69, 9.17) is 0 Å². The maximum Gasteiger partial charge on any atom is 0.193 e. The summed E-state index contributed by atoms with van der Waals surface area (Å²) in [5.74, 6) is 0. The molecule has 1 aromatic heterocycles. The topological polar surface area (TPSA) is 50.2 Å². The van der Waals surface area contributed by atoms with Crippen LogP contribution < -0.4 is 5.43 Å². The second-order valence-corrected chi connectivity index (χ2v) is 4.60. The number of fused-ring (bicyclic) bond motifs is 1. The molecule has 3 rings (SSSR count). The van der Waals surface area contributed by atoms with Crippen molar-refractivity contribution in [2.75, 3.05) is 5.43 Å². The molecule has 0 aliphatic carbocycles. The summed E-state index contributed by atoms with van der Waals surface area (Å²) >= 11 is 1.43. The molecule has 1 N–H and O–H groups in total. The number of benzene rings is 1. The summed E-state index contributed by atoms with van der Waals surface area (Å²) in [5, 5.41) is 5.84. The van der Waals surface area contributed by atoms with Crippen LogP contribution in [0.3, 0.4) is 0 Å². The third-order valence-electron chi connectivity index (χ3n) is 2.39. The lowest BCUT2D eigenvalue weighted by Gasteiger charge is -2.02. The van der Waals surface area contributed by atoms with E-state index in [1.807, 2.05) is 36.4 Å². The predicted molar refractivity (Wildman–Crippen MR) is 74.4 cm³/mol. The fraction of sp³-hybridized carbons (Fsp3) is 0. The number of nitrogens with zero attached hydrogens (tertiary/aromatic N) is 3. The van der Waals surface area contributed by atoms with Gasteiger partial charge in [0.1, 0.15) is 5.04 Å². The Bertz CT molecular complexity index is 607. The number of nitrogens with one attached hydrogen (secondary N) is 1. The van der Waals surface area contributed by atoms with E-state index < -0.39 is 0 Å². The van der Waals surface area contributed by atoms with Crippen molar-refractivity contribution in [2.45, 2.75) is 5.16 Å². The van der Waals surface area contributed by atoms with Crippen LogP contribution in [0.15, 0.2) is 59.1 Å². The Morgan fingerprint density at radius 2 is 1.78 bits per heavy atom. The zero-order chi connectivity index (χ0) is 12.2. The van der Waals surface area contributed by atoms with Gasteiger partial charge in [0.2, 0.25) is 0 Å². The van der Waals surface area contributed by atoms with Crippen LogP contribution in [0, 0.1) is 0 Å². The molecule has 2 heterocycles. The van der Waals surface area contributed by atoms with Crippen LogP contribution in [0.25, 0.3) is 6.08 Å². The number of hydrogen-bond acceptors (Lipinski definition) is 5. The molecular formula is C13H10N4S. The van der Waals surface area contributed by atoms with E-state index in [0.717, 1.165) is 16.3 Å². The van der Waals surface area contributed by atoms with Crippen molar-refractivity contribution in [3.63, 3.8) is 0 Å². The molecule has 88 valence electrons. The summed E-state index contributed by atoms with van der Waals surface area (Å²) in [5.41, 5.74) is 5.16. The standard InChI is InChI=1S/C13H10N4S/c1-2-5-11-10(4-1)6-7-12(17-16-11)18-13-14-8-3-9-15-13/h1-9,16H. The molecular weight excluding hydrogens is 244 g/mol. The van der Waals surface area contributed by atoms with Gasteiger partial charge in [-0.3, -0.25) is 5.43 Å². The molecule has 0 amide bonds. The van der Waals surface area contributed by atoms with Crippen LogP contribution in [0.1, 0.15) is 5.56 Å². The molecule has 0 saturated heterocycles. The zero-order valence-electron chi connectivity index (χ0n) is 9.45. The van der Waals surface area contributed by atoms with Crippen LogP contribution in [0.2, 0.25) is 0 Å². The van der Waals surface area contributed by atoms with Gasteiger partial charge in [0.05, 0.1) is 5.69 Å². The summed E-state index contributed by atoms with van der Waals surface area (Å²) in [6.07, 6.45) is 7.43. The first-order valence-electron chi connectivity index (χ1n) is 5.47. The van der Waals surface area contributed by atoms with Crippen LogP contribution >= 0.6 is 11.8 Å². The SMILES string of the molecule is C1=Cc2ccccc2NN=C1Sc1ncccn1. The largest absolute Gasteiger partial charge is 0.277 e. The van der Waals surface area contributed by atoms with Gasteiger partial charge in [-0.15, -0.1) is 0 Å². The van der Waals surface area contributed by atoms with Crippen molar-refractivity contribution in [3.8, 4) is 0 Å². The van der Waals surface area contributed by atoms with Gasteiger partial charge in [-0.1, -0.05) is 24.3 Å². The maximum atomic E-state index is 4.32. The molecule has 1 aromatic carbocycles. The molecule has 4 nitrogen and oxygen atoms in total. The Labute approximate surface area is 109 Å². The summed E-state index contributed by atoms with van der Waals surface area (Å²) in [4.78, 5) is 8.32. The van der Waals surface area contributed by atoms with Crippen LogP contribution in [0.5, 0.6) is 0 Å². The number of rotatable bonds is 1. The number of thioether (sulfide) groups is 1. The monoisotopic (exact) mass is 254 g/mol. The van der Waals surface area contributed by atoms with E-state index in [-0.39, 0.29) is 0 Å². The van der Waals surface area contributed by atoms with Crippen LogP contribution in [-0.4, -0.2) is 15.0 Å². The van der Waals surface area contributed by atoms with Crippen LogP contribution in [-0.2, 0) is 0 Å². The van der Waals surface area contributed by atoms with Crippen molar-refractivity contribution >= 4 is 28.6 Å². The normalized spacial score (nSPS) is 13.2. The Hall–Kier alpha value is -2.14. The van der Waals surface area contributed by atoms with Crippen molar-refractivity contribution in [1.29, 1.82) is 0 Å². The van der Waals surface area contributed by atoms with Gasteiger partial charge in [-0.05, 0) is 35.5 Å². The highest BCUT2D eigenvalue weighted by atomic mass is 32.2. The van der Waals surface area contributed by atoms with Crippen molar-refractivity contribution in [1.82, 2.24) is 9.97 Å².